The fourth-order valence-electron chi connectivity index (χ4n) is 11.5. The number of aliphatic hydroxyl groups is 2. The Morgan fingerprint density at radius 2 is 1.43 bits per heavy atom. The van der Waals surface area contributed by atoms with Gasteiger partial charge < -0.3 is 67.2 Å². The van der Waals surface area contributed by atoms with Gasteiger partial charge in [-0.05, 0) is 55.7 Å². The number of carbonyl (C=O) groups is 13. The molecule has 30 heteroatoms. The number of methoxy groups -OCH3 is 1. The lowest BCUT2D eigenvalue weighted by atomic mass is 9.85. The van der Waals surface area contributed by atoms with Crippen molar-refractivity contribution in [2.45, 2.75) is 165 Å². The van der Waals surface area contributed by atoms with Gasteiger partial charge in [0.05, 0.1) is 62.7 Å². The van der Waals surface area contributed by atoms with Gasteiger partial charge in [-0.1, -0.05) is 52.9 Å². The minimum absolute atomic E-state index is 0.106. The topological polar surface area (TPSA) is 435 Å². The van der Waals surface area contributed by atoms with Gasteiger partial charge in [0, 0.05) is 87.1 Å². The van der Waals surface area contributed by atoms with Crippen LogP contribution in [0, 0.1) is 23.7 Å². The number of Topliss-reactive ketones (excluding diaryl/α,β-unsaturated/α-hetero) is 3. The molecule has 29 nitrogen and oxygen atoms in total. The number of fused-ring (bicyclic) bond motifs is 5. The van der Waals surface area contributed by atoms with E-state index in [-0.39, 0.29) is 46.4 Å². The summed E-state index contributed by atoms with van der Waals surface area (Å²) in [5.74, 6) is -16.1. The first-order chi connectivity index (χ1) is 42.7. The van der Waals surface area contributed by atoms with Crippen LogP contribution in [0.15, 0.2) is 35.4 Å². The Kier molecular flexibility index (Phi) is 26.1. The summed E-state index contributed by atoms with van der Waals surface area (Å²) in [5, 5.41) is 35.8. The van der Waals surface area contributed by atoms with Crippen molar-refractivity contribution in [1.82, 2.24) is 46.7 Å². The number of nitrogens with zero attached hydrogens (tertiary/aromatic N) is 2. The SMILES string of the molecule is CC[C@H](C)[C@@H]1NC(=O)CNC(=O)[C@H]2CC(=O)[C@H]([C@@H](C)[C@@H](O)CO)NC(=O)C3C[C@@H](OC(=O)NCCCCCCCC(=O)CCCCCN4C(=O)C=CC4=O)CN3C(=O)[C@H](CC(N)=O)CC(=O)[C@H](CS(=O)(=O)c3[nH]c4cc(OC)ccc4c3C2)NC(=O)CNC1=O. The second kappa shape index (κ2) is 33.1. The van der Waals surface area contributed by atoms with Crippen molar-refractivity contribution in [1.29, 1.82) is 0 Å². The molecular weight excluding hydrogens is 1200 g/mol. The van der Waals surface area contributed by atoms with Crippen molar-refractivity contribution >= 4 is 97.3 Å². The van der Waals surface area contributed by atoms with E-state index >= 15 is 18.0 Å². The lowest BCUT2D eigenvalue weighted by molar-refractivity contribution is -0.145. The fourth-order valence-corrected chi connectivity index (χ4v) is 13.2. The van der Waals surface area contributed by atoms with Crippen molar-refractivity contribution in [3.63, 3.8) is 0 Å². The molecule has 0 saturated carbocycles. The normalized spacial score (nSPS) is 24.2. The molecule has 1 saturated heterocycles. The predicted octanol–water partition coefficient (Wildman–Crippen LogP) is -0.641. The Hall–Kier alpha value is -8.12. The first kappa shape index (κ1) is 71.0. The van der Waals surface area contributed by atoms with Crippen LogP contribution in [0.1, 0.15) is 123 Å². The molecule has 5 heterocycles. The third kappa shape index (κ3) is 19.4. The second-order valence-corrected chi connectivity index (χ2v) is 25.5. The number of ketones is 3. The number of unbranched alkanes of at least 4 members (excludes halogenated alkanes) is 6. The van der Waals surface area contributed by atoms with Gasteiger partial charge in [0.15, 0.2) is 21.4 Å². The minimum atomic E-state index is -4.90. The number of aromatic amines is 1. The molecular formula is C60H84N10O19S. The highest BCUT2D eigenvalue weighted by atomic mass is 32.2. The molecule has 1 aromatic carbocycles. The van der Waals surface area contributed by atoms with Gasteiger partial charge in [-0.3, -0.25) is 62.4 Å². The molecule has 90 heavy (non-hydrogen) atoms. The zero-order chi connectivity index (χ0) is 66.0. The van der Waals surface area contributed by atoms with E-state index in [0.29, 0.717) is 64.3 Å². The number of nitrogens with two attached hydrogens (primary N) is 1. The molecule has 10 amide bonds. The number of primary amides is 1. The molecule has 0 spiro atoms. The molecule has 0 aliphatic carbocycles. The Balaban J connectivity index is 1.27. The molecule has 11 N–H and O–H groups in total. The van der Waals surface area contributed by atoms with Crippen molar-refractivity contribution in [2.75, 3.05) is 52.2 Å². The average molecular weight is 1280 g/mol. The number of hydrogen-bond acceptors (Lipinski definition) is 19. The van der Waals surface area contributed by atoms with Crippen molar-refractivity contribution in [3.8, 4) is 5.75 Å². The van der Waals surface area contributed by atoms with Gasteiger partial charge in [-0.25, -0.2) is 13.2 Å². The average Bonchev–Trinajstić information content (AvgIpc) is 2.50. The molecule has 494 valence electrons. The predicted molar refractivity (Wildman–Crippen MR) is 320 cm³/mol. The number of aliphatic hydroxyl groups excluding tert-OH is 2. The number of imide groups is 1. The molecule has 4 aliphatic heterocycles. The lowest BCUT2D eigenvalue weighted by Crippen LogP contribution is -2.56. The Bertz CT molecular complexity index is 3170. The highest BCUT2D eigenvalue weighted by molar-refractivity contribution is 7.91. The Morgan fingerprint density at radius 3 is 2.09 bits per heavy atom. The van der Waals surface area contributed by atoms with Crippen molar-refractivity contribution in [3.05, 3.63) is 35.9 Å². The summed E-state index contributed by atoms with van der Waals surface area (Å²) in [5.41, 5.74) is 5.70. The molecule has 6 rings (SSSR count). The quantitative estimate of drug-likeness (QED) is 0.0489. The van der Waals surface area contributed by atoms with Crippen LogP contribution < -0.4 is 42.4 Å². The number of H-pyrrole nitrogens is 1. The second-order valence-electron chi connectivity index (χ2n) is 23.5. The molecule has 1 aromatic heterocycles. The number of hydrogen-bond donors (Lipinski definition) is 10. The molecule has 0 radical (unpaired) electrons. The fraction of sp³-hybridized carbons (Fsp3) is 0.617. The van der Waals surface area contributed by atoms with Gasteiger partial charge in [0.2, 0.25) is 41.4 Å². The van der Waals surface area contributed by atoms with Crippen LogP contribution in [-0.4, -0.2) is 199 Å². The Labute approximate surface area is 520 Å². The van der Waals surface area contributed by atoms with Crippen LogP contribution in [0.3, 0.4) is 0 Å². The number of sulfone groups is 1. The maximum atomic E-state index is 15.1. The number of amides is 10. The van der Waals surface area contributed by atoms with Crippen molar-refractivity contribution in [2.24, 2.45) is 29.4 Å². The van der Waals surface area contributed by atoms with Gasteiger partial charge in [-0.15, -0.1) is 0 Å². The van der Waals surface area contributed by atoms with Crippen LogP contribution >= 0.6 is 0 Å². The standard InChI is InChI=1S/C60H84N10O19S/c1-5-33(2)53-57(83)64-28-49(77)65-43-32-90(86,87)58-41(40-17-16-38(88-4)26-42(40)66-58)22-35(55(81)63-29-50(78)67-53)23-46(74)54(34(3)47(75)31-71)68-56(82)44-27-39(30-70(44)59(84)36(24-45(43)73)25-48(61)76)89-60(85)62-20-12-8-6-7-10-14-37(72)15-11-9-13-21-69-51(79)18-19-52(69)80/h16-19,26,33-36,39,43-44,47,53-54,66,71,75H,5-15,20-25,27-32H2,1-4H3,(H2,61,76)(H,62,85)(H,63,81)(H,64,83)(H,65,77)(H,67,78)(H,68,82)/t33-,34-,35+,36-,39+,43-,44?,47-,53-,54-/m0/s1. The van der Waals surface area contributed by atoms with Gasteiger partial charge in [-0.2, -0.15) is 0 Å². The van der Waals surface area contributed by atoms with Gasteiger partial charge in [0.25, 0.3) is 11.8 Å². The number of rotatable bonds is 23. The third-order valence-corrected chi connectivity index (χ3v) is 18.6. The van der Waals surface area contributed by atoms with E-state index in [1.807, 2.05) is 0 Å². The molecule has 1 unspecified atom stereocenters. The molecule has 2 aromatic rings. The summed E-state index contributed by atoms with van der Waals surface area (Å²) in [4.78, 5) is 182. The maximum Gasteiger partial charge on any atom is 0.407 e. The Morgan fingerprint density at radius 1 is 0.789 bits per heavy atom. The number of nitrogens with one attached hydrogen (secondary N) is 7. The monoisotopic (exact) mass is 1280 g/mol. The number of ether oxygens (including phenoxy) is 2. The van der Waals surface area contributed by atoms with E-state index in [1.54, 1.807) is 13.8 Å². The summed E-state index contributed by atoms with van der Waals surface area (Å²) in [6.45, 7) is 1.98. The zero-order valence-electron chi connectivity index (χ0n) is 51.1. The smallest absolute Gasteiger partial charge is 0.407 e. The molecule has 10 atom stereocenters. The van der Waals surface area contributed by atoms with Gasteiger partial charge in [0.1, 0.15) is 40.8 Å². The molecule has 4 aliphatic rings. The first-order valence-corrected chi connectivity index (χ1v) is 32.2. The largest absolute Gasteiger partial charge is 0.497 e. The summed E-state index contributed by atoms with van der Waals surface area (Å²) >= 11 is 0. The zero-order valence-corrected chi connectivity index (χ0v) is 52.0. The number of aromatic nitrogens is 1. The van der Waals surface area contributed by atoms with Crippen molar-refractivity contribution < 1.29 is 90.4 Å². The number of benzene rings is 1. The first-order valence-electron chi connectivity index (χ1n) is 30.5. The summed E-state index contributed by atoms with van der Waals surface area (Å²) in [6.07, 6.45) is 1.13. The summed E-state index contributed by atoms with van der Waals surface area (Å²) < 4.78 is 41.2. The van der Waals surface area contributed by atoms with Crippen LogP contribution in [0.2, 0.25) is 0 Å². The maximum absolute atomic E-state index is 15.1. The van der Waals surface area contributed by atoms with Crippen LogP contribution in [0.25, 0.3) is 10.9 Å². The van der Waals surface area contributed by atoms with Crippen LogP contribution in [-0.2, 0) is 78.5 Å². The summed E-state index contributed by atoms with van der Waals surface area (Å²) in [6, 6.07) is -2.41. The number of carbonyl (C=O) groups excluding carboxylic acids is 13. The molecule has 2 bridgehead atoms. The highest BCUT2D eigenvalue weighted by Crippen LogP contribution is 2.34. The van der Waals surface area contributed by atoms with E-state index in [9.17, 15) is 63.0 Å². The van der Waals surface area contributed by atoms with E-state index in [1.165, 1.54) is 49.3 Å². The lowest BCUT2D eigenvalue weighted by Gasteiger charge is -2.32. The third-order valence-electron chi connectivity index (χ3n) is 16.9. The minimum Gasteiger partial charge on any atom is -0.497 e. The van der Waals surface area contributed by atoms with E-state index in [0.717, 1.165) is 17.7 Å². The van der Waals surface area contributed by atoms with Gasteiger partial charge >= 0.3 is 6.09 Å². The number of alkyl carbamates (subject to hydrolysis) is 1. The van der Waals surface area contributed by atoms with Crippen LogP contribution in [0.5, 0.6) is 5.75 Å². The van der Waals surface area contributed by atoms with E-state index < -0.39 is 198 Å². The highest BCUT2D eigenvalue weighted by Gasteiger charge is 2.47. The van der Waals surface area contributed by atoms with E-state index in [2.05, 4.69) is 36.9 Å². The van der Waals surface area contributed by atoms with E-state index in [4.69, 9.17) is 15.2 Å². The summed E-state index contributed by atoms with van der Waals surface area (Å²) in [7, 11) is -3.55. The van der Waals surface area contributed by atoms with Crippen LogP contribution in [0.4, 0.5) is 4.79 Å². The molecule has 1 fully saturated rings.